The van der Waals surface area contributed by atoms with E-state index in [-0.39, 0.29) is 24.4 Å². The number of hydrogen-bond donors (Lipinski definition) is 3. The van der Waals surface area contributed by atoms with Crippen molar-refractivity contribution >= 4 is 23.2 Å². The fourth-order valence-corrected chi connectivity index (χ4v) is 6.09. The number of hydrogen-bond acceptors (Lipinski definition) is 8. The van der Waals surface area contributed by atoms with Crippen LogP contribution in [0.1, 0.15) is 67.3 Å². The van der Waals surface area contributed by atoms with Crippen LogP contribution in [0.5, 0.6) is 0 Å². The van der Waals surface area contributed by atoms with Gasteiger partial charge < -0.3 is 25.2 Å². The highest BCUT2D eigenvalue weighted by molar-refractivity contribution is 7.09. The predicted octanol–water partition coefficient (Wildman–Crippen LogP) is 4.22. The standard InChI is InChI=1S/C31H35N5O4S/c1-20-19-41-30(33-20)27-12-7-13-36(27)31(39)24-11-6-10-23(16-24)29(38)34-26(15-22-8-4-3-5-9-22)28(37)18-32-17-25-14-21(2)40-35-25/h3-6,8-11,14,16,19,26-28,32,37H,7,12-13,15,17-18H2,1-2H3,(H,34,38). The van der Waals surface area contributed by atoms with E-state index >= 15 is 0 Å². The molecule has 0 radical (unpaired) electrons. The highest BCUT2D eigenvalue weighted by atomic mass is 32.1. The number of aromatic nitrogens is 2. The van der Waals surface area contributed by atoms with E-state index in [9.17, 15) is 14.7 Å². The molecular formula is C31H35N5O4S. The number of nitrogens with zero attached hydrogens (tertiary/aromatic N) is 3. The minimum Gasteiger partial charge on any atom is -0.390 e. The zero-order valence-corrected chi connectivity index (χ0v) is 24.1. The van der Waals surface area contributed by atoms with Gasteiger partial charge in [-0.05, 0) is 56.9 Å². The Labute approximate surface area is 243 Å². The number of rotatable bonds is 11. The van der Waals surface area contributed by atoms with E-state index in [1.165, 1.54) is 0 Å². The highest BCUT2D eigenvalue weighted by Crippen LogP contribution is 2.34. The SMILES string of the molecule is Cc1csc(C2CCCN2C(=O)c2cccc(C(=O)NC(Cc3ccccc3)C(O)CNCc3cc(C)on3)c2)n1. The summed E-state index contributed by atoms with van der Waals surface area (Å²) in [6, 6.07) is 17.7. The third kappa shape index (κ3) is 7.27. The zero-order valence-electron chi connectivity index (χ0n) is 23.2. The van der Waals surface area contributed by atoms with Gasteiger partial charge in [0.15, 0.2) is 0 Å². The quantitative estimate of drug-likeness (QED) is 0.246. The summed E-state index contributed by atoms with van der Waals surface area (Å²) in [6.45, 7) is 5.12. The molecule has 214 valence electrons. The minimum atomic E-state index is -0.871. The number of carbonyl (C=O) groups is 2. The van der Waals surface area contributed by atoms with E-state index in [2.05, 4.69) is 20.8 Å². The molecule has 2 amide bonds. The third-order valence-corrected chi connectivity index (χ3v) is 8.29. The third-order valence-electron chi connectivity index (χ3n) is 7.22. The molecule has 3 heterocycles. The van der Waals surface area contributed by atoms with Crippen LogP contribution in [-0.2, 0) is 13.0 Å². The fourth-order valence-electron chi connectivity index (χ4n) is 5.15. The van der Waals surface area contributed by atoms with Crippen LogP contribution in [0.4, 0.5) is 0 Å². The van der Waals surface area contributed by atoms with E-state index < -0.39 is 12.1 Å². The molecule has 2 aromatic heterocycles. The zero-order chi connectivity index (χ0) is 28.8. The molecule has 4 aromatic rings. The maximum Gasteiger partial charge on any atom is 0.254 e. The van der Waals surface area contributed by atoms with Crippen molar-refractivity contribution < 1.29 is 19.2 Å². The van der Waals surface area contributed by atoms with Crippen molar-refractivity contribution in [2.45, 2.75) is 57.8 Å². The van der Waals surface area contributed by atoms with Crippen LogP contribution in [0.2, 0.25) is 0 Å². The summed E-state index contributed by atoms with van der Waals surface area (Å²) in [4.78, 5) is 33.4. The van der Waals surface area contributed by atoms with Crippen LogP contribution in [-0.4, -0.2) is 57.2 Å². The Hall–Kier alpha value is -3.86. The molecule has 0 spiro atoms. The Morgan fingerprint density at radius 1 is 1.12 bits per heavy atom. The average Bonchev–Trinajstić information content (AvgIpc) is 3.74. The Bertz CT molecular complexity index is 1470. The molecule has 1 saturated heterocycles. The molecule has 9 nitrogen and oxygen atoms in total. The van der Waals surface area contributed by atoms with Gasteiger partial charge in [-0.1, -0.05) is 41.6 Å². The lowest BCUT2D eigenvalue weighted by molar-refractivity contribution is 0.0735. The topological polar surface area (TPSA) is 121 Å². The molecule has 1 aliphatic rings. The molecule has 0 aliphatic carbocycles. The van der Waals surface area contributed by atoms with Crippen molar-refractivity contribution in [1.29, 1.82) is 0 Å². The largest absolute Gasteiger partial charge is 0.390 e. The van der Waals surface area contributed by atoms with Gasteiger partial charge in [-0.15, -0.1) is 11.3 Å². The summed E-state index contributed by atoms with van der Waals surface area (Å²) in [5.41, 5.74) is 3.52. The molecule has 3 unspecified atom stereocenters. The lowest BCUT2D eigenvalue weighted by Crippen LogP contribution is -2.48. The second kappa shape index (κ2) is 13.2. The van der Waals surface area contributed by atoms with E-state index in [1.807, 2.05) is 60.5 Å². The Morgan fingerprint density at radius 2 is 1.93 bits per heavy atom. The summed E-state index contributed by atoms with van der Waals surface area (Å²) in [6.07, 6.45) is 1.37. The van der Waals surface area contributed by atoms with Gasteiger partial charge in [-0.3, -0.25) is 9.59 Å². The minimum absolute atomic E-state index is 0.0438. The van der Waals surface area contributed by atoms with Crippen molar-refractivity contribution in [3.8, 4) is 0 Å². The number of amides is 2. The van der Waals surface area contributed by atoms with Gasteiger partial charge in [0.25, 0.3) is 11.8 Å². The maximum absolute atomic E-state index is 13.5. The number of nitrogens with one attached hydrogen (secondary N) is 2. The van der Waals surface area contributed by atoms with Crippen molar-refractivity contribution in [3.05, 3.63) is 105 Å². The molecule has 3 atom stereocenters. The summed E-state index contributed by atoms with van der Waals surface area (Å²) in [7, 11) is 0. The second-order valence-electron chi connectivity index (χ2n) is 10.5. The van der Waals surface area contributed by atoms with Gasteiger partial charge in [0.1, 0.15) is 10.8 Å². The summed E-state index contributed by atoms with van der Waals surface area (Å²) in [5.74, 6) is 0.263. The van der Waals surface area contributed by atoms with Gasteiger partial charge in [-0.25, -0.2) is 4.98 Å². The lowest BCUT2D eigenvalue weighted by Gasteiger charge is -2.25. The molecule has 41 heavy (non-hydrogen) atoms. The van der Waals surface area contributed by atoms with Crippen LogP contribution >= 0.6 is 11.3 Å². The van der Waals surface area contributed by atoms with Crippen molar-refractivity contribution in [2.75, 3.05) is 13.1 Å². The molecular weight excluding hydrogens is 538 g/mol. The monoisotopic (exact) mass is 573 g/mol. The number of aryl methyl sites for hydroxylation is 2. The van der Waals surface area contributed by atoms with Gasteiger partial charge in [0, 0.05) is 47.9 Å². The smallest absolute Gasteiger partial charge is 0.254 e. The molecule has 2 aromatic carbocycles. The number of aliphatic hydroxyl groups excluding tert-OH is 1. The van der Waals surface area contributed by atoms with Gasteiger partial charge in [-0.2, -0.15) is 0 Å². The summed E-state index contributed by atoms with van der Waals surface area (Å²) in [5, 5.41) is 24.2. The molecule has 5 rings (SSSR count). The van der Waals surface area contributed by atoms with Gasteiger partial charge >= 0.3 is 0 Å². The Balaban J connectivity index is 1.27. The molecule has 3 N–H and O–H groups in total. The maximum atomic E-state index is 13.5. The summed E-state index contributed by atoms with van der Waals surface area (Å²) >= 11 is 1.58. The number of thiazole rings is 1. The Morgan fingerprint density at radius 3 is 2.66 bits per heavy atom. The second-order valence-corrected chi connectivity index (χ2v) is 11.4. The van der Waals surface area contributed by atoms with E-state index in [4.69, 9.17) is 4.52 Å². The Kier molecular flexibility index (Phi) is 9.23. The average molecular weight is 574 g/mol. The molecule has 1 fully saturated rings. The fraction of sp³-hybridized carbons (Fsp3) is 0.355. The van der Waals surface area contributed by atoms with Crippen LogP contribution in [0.15, 0.2) is 70.6 Å². The number of benzene rings is 2. The van der Waals surface area contributed by atoms with E-state index in [0.717, 1.165) is 40.6 Å². The number of likely N-dealkylation sites (tertiary alicyclic amines) is 1. The first-order valence-corrected chi connectivity index (χ1v) is 14.7. The van der Waals surface area contributed by atoms with Crippen LogP contribution in [0.25, 0.3) is 0 Å². The van der Waals surface area contributed by atoms with Crippen LogP contribution < -0.4 is 10.6 Å². The highest BCUT2D eigenvalue weighted by Gasteiger charge is 2.33. The summed E-state index contributed by atoms with van der Waals surface area (Å²) < 4.78 is 5.10. The lowest BCUT2D eigenvalue weighted by atomic mass is 10.00. The van der Waals surface area contributed by atoms with Crippen LogP contribution in [0.3, 0.4) is 0 Å². The van der Waals surface area contributed by atoms with Crippen molar-refractivity contribution in [2.24, 2.45) is 0 Å². The first-order chi connectivity index (χ1) is 19.9. The first kappa shape index (κ1) is 28.7. The number of carbonyl (C=O) groups excluding carboxylic acids is 2. The van der Waals surface area contributed by atoms with Gasteiger partial charge in [0.05, 0.1) is 23.9 Å². The van der Waals surface area contributed by atoms with E-state index in [0.29, 0.717) is 30.6 Å². The molecule has 0 bridgehead atoms. The molecule has 10 heteroatoms. The van der Waals surface area contributed by atoms with E-state index in [1.54, 1.807) is 35.6 Å². The molecule has 0 saturated carbocycles. The molecule has 1 aliphatic heterocycles. The van der Waals surface area contributed by atoms with Crippen LogP contribution in [0, 0.1) is 13.8 Å². The van der Waals surface area contributed by atoms with Gasteiger partial charge in [0.2, 0.25) is 0 Å². The van der Waals surface area contributed by atoms with Crippen molar-refractivity contribution in [3.63, 3.8) is 0 Å². The van der Waals surface area contributed by atoms with Crippen molar-refractivity contribution in [1.82, 2.24) is 25.7 Å². The number of aliphatic hydroxyl groups is 1. The normalized spacial score (nSPS) is 16.5. The first-order valence-electron chi connectivity index (χ1n) is 13.9. The predicted molar refractivity (Wildman–Crippen MR) is 157 cm³/mol.